The number of thioether (sulfide) groups is 1. The van der Waals surface area contributed by atoms with Crippen LogP contribution in [0.3, 0.4) is 0 Å². The lowest BCUT2D eigenvalue weighted by Gasteiger charge is -2.26. The van der Waals surface area contributed by atoms with Gasteiger partial charge in [0.15, 0.2) is 0 Å². The summed E-state index contributed by atoms with van der Waals surface area (Å²) in [6.07, 6.45) is 10.8. The van der Waals surface area contributed by atoms with Gasteiger partial charge >= 0.3 is 0 Å². The molecule has 1 aromatic rings. The van der Waals surface area contributed by atoms with E-state index in [0.717, 1.165) is 5.92 Å². The van der Waals surface area contributed by atoms with Crippen molar-refractivity contribution in [3.63, 3.8) is 0 Å². The molecule has 2 aliphatic rings. The van der Waals surface area contributed by atoms with Gasteiger partial charge < -0.3 is 5.32 Å². The van der Waals surface area contributed by atoms with Gasteiger partial charge in [0, 0.05) is 22.2 Å². The first-order chi connectivity index (χ1) is 8.83. The van der Waals surface area contributed by atoms with E-state index >= 15 is 0 Å². The zero-order valence-electron chi connectivity index (χ0n) is 11.2. The van der Waals surface area contributed by atoms with Crippen LogP contribution in [0.5, 0.6) is 0 Å². The number of nitrogens with one attached hydrogen (secondary N) is 1. The predicted octanol–water partition coefficient (Wildman–Crippen LogP) is 4.46. The highest BCUT2D eigenvalue weighted by Crippen LogP contribution is 2.47. The number of rotatable bonds is 6. The van der Waals surface area contributed by atoms with Crippen LogP contribution in [-0.4, -0.2) is 17.5 Å². The quantitative estimate of drug-likeness (QED) is 0.826. The highest BCUT2D eigenvalue weighted by molar-refractivity contribution is 8.00. The van der Waals surface area contributed by atoms with Crippen LogP contribution in [0.25, 0.3) is 0 Å². The molecule has 1 aromatic heterocycles. The van der Waals surface area contributed by atoms with Gasteiger partial charge in [-0.05, 0) is 49.3 Å². The van der Waals surface area contributed by atoms with E-state index in [9.17, 15) is 0 Å². The average molecular weight is 281 g/mol. The summed E-state index contributed by atoms with van der Waals surface area (Å²) >= 11 is 3.99. The third-order valence-electron chi connectivity index (χ3n) is 4.61. The summed E-state index contributed by atoms with van der Waals surface area (Å²) in [7, 11) is 0. The Balaban J connectivity index is 1.65. The largest absolute Gasteiger partial charge is 0.308 e. The molecule has 3 heteroatoms. The minimum absolute atomic E-state index is 0.577. The fourth-order valence-corrected chi connectivity index (χ4v) is 4.78. The minimum atomic E-state index is 0.577. The molecule has 0 amide bonds. The first kappa shape index (κ1) is 13.0. The van der Waals surface area contributed by atoms with Crippen LogP contribution >= 0.6 is 23.1 Å². The molecule has 0 spiro atoms. The van der Waals surface area contributed by atoms with Gasteiger partial charge in [-0.3, -0.25) is 0 Å². The molecule has 1 atom stereocenters. The van der Waals surface area contributed by atoms with Crippen molar-refractivity contribution in [3.8, 4) is 0 Å². The van der Waals surface area contributed by atoms with E-state index in [2.05, 4.69) is 40.8 Å². The Labute approximate surface area is 119 Å². The van der Waals surface area contributed by atoms with Crippen LogP contribution in [-0.2, 0) is 0 Å². The molecule has 18 heavy (non-hydrogen) atoms. The van der Waals surface area contributed by atoms with E-state index in [-0.39, 0.29) is 0 Å². The topological polar surface area (TPSA) is 12.0 Å². The van der Waals surface area contributed by atoms with Gasteiger partial charge in [0.2, 0.25) is 0 Å². The molecule has 100 valence electrons. The fraction of sp³-hybridized carbons (Fsp3) is 0.733. The second-order valence-corrected chi connectivity index (χ2v) is 8.06. The first-order valence-corrected chi connectivity index (χ1v) is 9.25. The summed E-state index contributed by atoms with van der Waals surface area (Å²) in [5.41, 5.74) is 0. The standard InChI is InChI=1S/C15H23NS2/c1-17-15(8-9-15)11-16-14(12-5-2-3-6-12)13-7-4-10-18-13/h4,7,10,12,14,16H,2-3,5-6,8-9,11H2,1H3. The van der Waals surface area contributed by atoms with E-state index in [1.54, 1.807) is 4.88 Å². The van der Waals surface area contributed by atoms with Crippen LogP contribution in [0, 0.1) is 5.92 Å². The van der Waals surface area contributed by atoms with Gasteiger partial charge in [-0.1, -0.05) is 18.9 Å². The molecule has 1 heterocycles. The van der Waals surface area contributed by atoms with Crippen LogP contribution in [0.2, 0.25) is 0 Å². The van der Waals surface area contributed by atoms with Gasteiger partial charge in [0.1, 0.15) is 0 Å². The Morgan fingerprint density at radius 3 is 2.78 bits per heavy atom. The van der Waals surface area contributed by atoms with Gasteiger partial charge in [-0.2, -0.15) is 11.8 Å². The maximum Gasteiger partial charge on any atom is 0.0443 e. The zero-order valence-corrected chi connectivity index (χ0v) is 12.8. The normalized spacial score (nSPS) is 24.3. The van der Waals surface area contributed by atoms with Crippen molar-refractivity contribution in [1.82, 2.24) is 5.32 Å². The van der Waals surface area contributed by atoms with Crippen LogP contribution < -0.4 is 5.32 Å². The molecule has 0 aromatic carbocycles. The smallest absolute Gasteiger partial charge is 0.0443 e. The third kappa shape index (κ3) is 2.78. The number of hydrogen-bond acceptors (Lipinski definition) is 3. The Morgan fingerprint density at radius 2 is 2.22 bits per heavy atom. The minimum Gasteiger partial charge on any atom is -0.308 e. The molecule has 2 aliphatic carbocycles. The molecular formula is C15H23NS2. The number of thiophene rings is 1. The van der Waals surface area contributed by atoms with Crippen molar-refractivity contribution >= 4 is 23.1 Å². The van der Waals surface area contributed by atoms with E-state index in [1.165, 1.54) is 45.1 Å². The molecule has 0 aliphatic heterocycles. The summed E-state index contributed by atoms with van der Waals surface area (Å²) in [5, 5.41) is 6.13. The second-order valence-electron chi connectivity index (χ2n) is 5.81. The summed E-state index contributed by atoms with van der Waals surface area (Å²) in [4.78, 5) is 1.55. The Morgan fingerprint density at radius 1 is 1.44 bits per heavy atom. The molecule has 2 fully saturated rings. The van der Waals surface area contributed by atoms with E-state index in [1.807, 2.05) is 11.3 Å². The maximum atomic E-state index is 3.91. The monoisotopic (exact) mass is 281 g/mol. The summed E-state index contributed by atoms with van der Waals surface area (Å²) in [6.45, 7) is 1.20. The van der Waals surface area contributed by atoms with Gasteiger partial charge in [0.05, 0.1) is 0 Å². The van der Waals surface area contributed by atoms with Crippen LogP contribution in [0.4, 0.5) is 0 Å². The molecular weight excluding hydrogens is 258 g/mol. The summed E-state index contributed by atoms with van der Waals surface area (Å²) in [5.74, 6) is 0.876. The van der Waals surface area contributed by atoms with Crippen molar-refractivity contribution in [1.29, 1.82) is 0 Å². The lowest BCUT2D eigenvalue weighted by atomic mass is 9.96. The van der Waals surface area contributed by atoms with Crippen molar-refractivity contribution in [2.24, 2.45) is 5.92 Å². The second kappa shape index (κ2) is 5.56. The van der Waals surface area contributed by atoms with Crippen molar-refractivity contribution in [2.45, 2.75) is 49.3 Å². The van der Waals surface area contributed by atoms with Crippen molar-refractivity contribution < 1.29 is 0 Å². The maximum absolute atomic E-state index is 3.91. The summed E-state index contributed by atoms with van der Waals surface area (Å²) < 4.78 is 0.577. The Hall–Kier alpha value is 0.01000. The highest BCUT2D eigenvalue weighted by Gasteiger charge is 2.42. The third-order valence-corrected chi connectivity index (χ3v) is 6.98. The molecule has 0 saturated heterocycles. The van der Waals surface area contributed by atoms with Gasteiger partial charge in [-0.15, -0.1) is 11.3 Å². The van der Waals surface area contributed by atoms with Crippen molar-refractivity contribution in [3.05, 3.63) is 22.4 Å². The molecule has 3 rings (SSSR count). The Kier molecular flexibility index (Phi) is 4.02. The van der Waals surface area contributed by atoms with Crippen LogP contribution in [0.1, 0.15) is 49.4 Å². The van der Waals surface area contributed by atoms with E-state index in [0.29, 0.717) is 10.8 Å². The zero-order chi connectivity index (χ0) is 12.4. The lowest BCUT2D eigenvalue weighted by molar-refractivity contribution is 0.371. The molecule has 1 unspecified atom stereocenters. The molecule has 0 radical (unpaired) electrons. The van der Waals surface area contributed by atoms with Crippen LogP contribution in [0.15, 0.2) is 17.5 Å². The summed E-state index contributed by atoms with van der Waals surface area (Å²) in [6, 6.07) is 5.14. The first-order valence-electron chi connectivity index (χ1n) is 7.15. The highest BCUT2D eigenvalue weighted by atomic mass is 32.2. The SMILES string of the molecule is CSC1(CNC(c2cccs2)C2CCCC2)CC1. The number of hydrogen-bond donors (Lipinski definition) is 1. The Bertz CT molecular complexity index is 364. The van der Waals surface area contributed by atoms with E-state index < -0.39 is 0 Å². The van der Waals surface area contributed by atoms with Crippen molar-refractivity contribution in [2.75, 3.05) is 12.8 Å². The fourth-order valence-electron chi connectivity index (χ4n) is 3.15. The predicted molar refractivity (Wildman–Crippen MR) is 82.5 cm³/mol. The molecule has 1 nitrogen and oxygen atoms in total. The molecule has 0 bridgehead atoms. The lowest BCUT2D eigenvalue weighted by Crippen LogP contribution is -2.33. The van der Waals surface area contributed by atoms with Gasteiger partial charge in [0.25, 0.3) is 0 Å². The molecule has 2 saturated carbocycles. The van der Waals surface area contributed by atoms with Gasteiger partial charge in [-0.25, -0.2) is 0 Å². The average Bonchev–Trinajstić information content (AvgIpc) is 2.86. The molecule has 1 N–H and O–H groups in total. The van der Waals surface area contributed by atoms with E-state index in [4.69, 9.17) is 0 Å².